The van der Waals surface area contributed by atoms with Crippen LogP contribution in [0, 0.1) is 5.41 Å². The first kappa shape index (κ1) is 21.9. The molecule has 1 spiro atoms. The molecule has 2 aliphatic heterocycles. The number of aromatic nitrogens is 2. The Bertz CT molecular complexity index is 962. The van der Waals surface area contributed by atoms with E-state index in [4.69, 9.17) is 0 Å². The number of likely N-dealkylation sites (tertiary alicyclic amines) is 1. The van der Waals surface area contributed by atoms with Gasteiger partial charge in [0.05, 0.1) is 5.56 Å². The van der Waals surface area contributed by atoms with Crippen molar-refractivity contribution in [1.29, 1.82) is 0 Å². The van der Waals surface area contributed by atoms with Gasteiger partial charge in [-0.25, -0.2) is 14.8 Å². The van der Waals surface area contributed by atoms with Crippen LogP contribution in [0.3, 0.4) is 0 Å². The zero-order valence-electron chi connectivity index (χ0n) is 18.3. The maximum atomic E-state index is 12.7. The largest absolute Gasteiger partial charge is 0.419 e. The van der Waals surface area contributed by atoms with Crippen molar-refractivity contribution in [2.75, 3.05) is 44.2 Å². The van der Waals surface area contributed by atoms with Crippen molar-refractivity contribution >= 4 is 12.0 Å². The second kappa shape index (κ2) is 8.48. The molecule has 0 bridgehead atoms. The van der Waals surface area contributed by atoms with Crippen LogP contribution in [0.5, 0.6) is 0 Å². The van der Waals surface area contributed by atoms with Gasteiger partial charge in [-0.2, -0.15) is 13.2 Å². The molecule has 1 saturated carbocycles. The van der Waals surface area contributed by atoms with Gasteiger partial charge in [0.25, 0.3) is 0 Å². The lowest BCUT2D eigenvalue weighted by Gasteiger charge is -2.59. The minimum Gasteiger partial charge on any atom is -0.337 e. The number of anilines is 1. The first-order valence-corrected chi connectivity index (χ1v) is 11.3. The van der Waals surface area contributed by atoms with Gasteiger partial charge in [-0.15, -0.1) is 0 Å². The maximum absolute atomic E-state index is 12.7. The summed E-state index contributed by atoms with van der Waals surface area (Å²) in [5, 5.41) is 3.15. The van der Waals surface area contributed by atoms with Crippen LogP contribution in [-0.2, 0) is 12.7 Å². The zero-order valence-corrected chi connectivity index (χ0v) is 18.3. The van der Waals surface area contributed by atoms with E-state index < -0.39 is 11.7 Å². The molecule has 2 aromatic rings. The quantitative estimate of drug-likeness (QED) is 0.760. The summed E-state index contributed by atoms with van der Waals surface area (Å²) in [4.78, 5) is 26.4. The van der Waals surface area contributed by atoms with E-state index >= 15 is 0 Å². The van der Waals surface area contributed by atoms with E-state index in [1.54, 1.807) is 9.80 Å². The number of nitrogens with one attached hydrogen (secondary N) is 1. The molecule has 176 valence electrons. The van der Waals surface area contributed by atoms with Crippen molar-refractivity contribution in [2.45, 2.75) is 31.6 Å². The first-order valence-electron chi connectivity index (χ1n) is 11.3. The summed E-state index contributed by atoms with van der Waals surface area (Å²) < 4.78 is 38.0. The van der Waals surface area contributed by atoms with Crippen LogP contribution >= 0.6 is 0 Å². The van der Waals surface area contributed by atoms with Crippen LogP contribution in [0.1, 0.15) is 24.0 Å². The van der Waals surface area contributed by atoms with Crippen molar-refractivity contribution in [3.05, 3.63) is 53.9 Å². The lowest BCUT2D eigenvalue weighted by Crippen LogP contribution is -2.67. The molecule has 3 aliphatic rings. The molecule has 33 heavy (non-hydrogen) atoms. The summed E-state index contributed by atoms with van der Waals surface area (Å²) in [5.41, 5.74) is 0.820. The zero-order chi connectivity index (χ0) is 23.1. The molecule has 10 heteroatoms. The normalized spacial score (nSPS) is 20.9. The van der Waals surface area contributed by atoms with Crippen LogP contribution in [0.15, 0.2) is 42.7 Å². The molecule has 1 aromatic carbocycles. The number of piperazine rings is 1. The van der Waals surface area contributed by atoms with E-state index in [0.717, 1.165) is 44.9 Å². The highest BCUT2D eigenvalue weighted by Crippen LogP contribution is 2.48. The Kier molecular flexibility index (Phi) is 5.64. The van der Waals surface area contributed by atoms with E-state index in [-0.39, 0.29) is 18.0 Å². The van der Waals surface area contributed by atoms with Crippen LogP contribution in [-0.4, -0.2) is 71.1 Å². The van der Waals surface area contributed by atoms with Gasteiger partial charge in [0.1, 0.15) is 0 Å². The molecule has 3 heterocycles. The fourth-order valence-corrected chi connectivity index (χ4v) is 5.21. The molecule has 0 unspecified atom stereocenters. The van der Waals surface area contributed by atoms with Crippen molar-refractivity contribution in [3.63, 3.8) is 0 Å². The second-order valence-electron chi connectivity index (χ2n) is 9.43. The van der Waals surface area contributed by atoms with Crippen molar-refractivity contribution in [2.24, 2.45) is 5.41 Å². The molecular formula is C23H27F3N6O. The van der Waals surface area contributed by atoms with Crippen molar-refractivity contribution in [3.8, 4) is 0 Å². The summed E-state index contributed by atoms with van der Waals surface area (Å²) in [6.45, 7) is 5.09. The highest BCUT2D eigenvalue weighted by atomic mass is 19.4. The summed E-state index contributed by atoms with van der Waals surface area (Å²) in [5.74, 6) is 0.258. The molecule has 5 rings (SSSR count). The number of urea groups is 1. The Hall–Kier alpha value is -2.88. The molecule has 0 radical (unpaired) electrons. The number of alkyl halides is 3. The highest BCUT2D eigenvalue weighted by Gasteiger charge is 2.52. The number of carbonyl (C=O) groups excluding carboxylic acids is 1. The van der Waals surface area contributed by atoms with Gasteiger partial charge in [0, 0.05) is 64.2 Å². The number of amides is 2. The summed E-state index contributed by atoms with van der Waals surface area (Å²) >= 11 is 0. The van der Waals surface area contributed by atoms with Gasteiger partial charge in [-0.3, -0.25) is 4.90 Å². The van der Waals surface area contributed by atoms with E-state index in [0.29, 0.717) is 31.6 Å². The summed E-state index contributed by atoms with van der Waals surface area (Å²) in [7, 11) is 0. The molecule has 2 saturated heterocycles. The number of rotatable bonds is 4. The van der Waals surface area contributed by atoms with Crippen LogP contribution in [0.4, 0.5) is 23.9 Å². The number of hydrogen-bond donors (Lipinski definition) is 1. The maximum Gasteiger partial charge on any atom is 0.419 e. The van der Waals surface area contributed by atoms with Gasteiger partial charge in [0.2, 0.25) is 5.95 Å². The third kappa shape index (κ3) is 4.75. The van der Waals surface area contributed by atoms with Crippen molar-refractivity contribution in [1.82, 2.24) is 25.1 Å². The fourth-order valence-electron chi connectivity index (χ4n) is 5.21. The summed E-state index contributed by atoms with van der Waals surface area (Å²) in [6.07, 6.45) is -0.813. The monoisotopic (exact) mass is 460 g/mol. The minimum absolute atomic E-state index is 0.0664. The van der Waals surface area contributed by atoms with Crippen LogP contribution in [0.2, 0.25) is 0 Å². The van der Waals surface area contributed by atoms with E-state index in [2.05, 4.69) is 44.5 Å². The van der Waals surface area contributed by atoms with Crippen molar-refractivity contribution < 1.29 is 18.0 Å². The fraction of sp³-hybridized carbons (Fsp3) is 0.522. The number of carbonyl (C=O) groups is 1. The first-order chi connectivity index (χ1) is 15.8. The highest BCUT2D eigenvalue weighted by molar-refractivity contribution is 5.75. The molecule has 2 amide bonds. The Balaban J connectivity index is 1.03. The average Bonchev–Trinajstić information content (AvgIpc) is 2.76. The van der Waals surface area contributed by atoms with E-state index in [9.17, 15) is 18.0 Å². The number of hydrogen-bond acceptors (Lipinski definition) is 5. The molecule has 7 nitrogen and oxygen atoms in total. The number of benzene rings is 1. The van der Waals surface area contributed by atoms with Gasteiger partial charge >= 0.3 is 12.2 Å². The Morgan fingerprint density at radius 3 is 2.27 bits per heavy atom. The van der Waals surface area contributed by atoms with Gasteiger partial charge in [-0.1, -0.05) is 30.3 Å². The predicted octanol–water partition coefficient (Wildman–Crippen LogP) is 2.99. The van der Waals surface area contributed by atoms with E-state index in [1.807, 2.05) is 6.07 Å². The lowest BCUT2D eigenvalue weighted by molar-refractivity contribution is -0.138. The molecule has 3 fully saturated rings. The topological polar surface area (TPSA) is 64.6 Å². The van der Waals surface area contributed by atoms with Crippen LogP contribution < -0.4 is 10.2 Å². The lowest BCUT2D eigenvalue weighted by atomic mass is 9.60. The van der Waals surface area contributed by atoms with Gasteiger partial charge in [-0.05, 0) is 23.8 Å². The molecule has 0 atom stereocenters. The predicted molar refractivity (Wildman–Crippen MR) is 117 cm³/mol. The Labute approximate surface area is 190 Å². The molecular weight excluding hydrogens is 433 g/mol. The van der Waals surface area contributed by atoms with Crippen LogP contribution in [0.25, 0.3) is 0 Å². The molecule has 1 aromatic heterocycles. The van der Waals surface area contributed by atoms with E-state index in [1.165, 1.54) is 5.56 Å². The average molecular weight is 461 g/mol. The molecule has 1 aliphatic carbocycles. The minimum atomic E-state index is -4.45. The van der Waals surface area contributed by atoms with Gasteiger partial charge < -0.3 is 15.1 Å². The Morgan fingerprint density at radius 2 is 1.67 bits per heavy atom. The summed E-state index contributed by atoms with van der Waals surface area (Å²) in [6, 6.07) is 10.6. The standard InChI is InChI=1S/C23H27F3N6O/c24-23(25,26)18-12-27-20(28-13-18)31-6-8-32(9-7-31)21(33)29-19-10-22(11-19)15-30(16-22)14-17-4-2-1-3-5-17/h1-5,12-13,19H,6-11,14-16H2,(H,29,33). The molecule has 1 N–H and O–H groups in total. The second-order valence-corrected chi connectivity index (χ2v) is 9.43. The number of halogens is 3. The smallest absolute Gasteiger partial charge is 0.337 e. The van der Waals surface area contributed by atoms with Gasteiger partial charge in [0.15, 0.2) is 0 Å². The Morgan fingerprint density at radius 1 is 1.03 bits per heavy atom. The SMILES string of the molecule is O=C(NC1CC2(C1)CN(Cc1ccccc1)C2)N1CCN(c2ncc(C(F)(F)F)cn2)CC1. The number of nitrogens with zero attached hydrogens (tertiary/aromatic N) is 5. The third-order valence-electron chi connectivity index (χ3n) is 6.87. The third-order valence-corrected chi connectivity index (χ3v) is 6.87.